The van der Waals surface area contributed by atoms with Gasteiger partial charge in [-0.05, 0) is 17.0 Å². The Morgan fingerprint density at radius 3 is 1.66 bits per heavy atom. The Balaban J connectivity index is 2.19. The first kappa shape index (κ1) is 30.0. The van der Waals surface area contributed by atoms with Crippen molar-refractivity contribution >= 4 is 29.6 Å². The molecule has 38 heavy (non-hydrogen) atoms. The van der Waals surface area contributed by atoms with Crippen molar-refractivity contribution in [2.45, 2.75) is 57.3 Å². The molecule has 4 atom stereocenters. The fourth-order valence-corrected chi connectivity index (χ4v) is 3.75. The smallest absolute Gasteiger partial charge is 0.326 e. The molecule has 204 valence electrons. The maximum Gasteiger partial charge on any atom is 0.326 e. The molecule has 2 aromatic carbocycles. The summed E-state index contributed by atoms with van der Waals surface area (Å²) < 4.78 is 0. The molecule has 0 fully saturated rings. The first-order chi connectivity index (χ1) is 18.0. The van der Waals surface area contributed by atoms with Gasteiger partial charge < -0.3 is 32.5 Å². The molecule has 0 bridgehead atoms. The third-order valence-electron chi connectivity index (χ3n) is 5.82. The molecule has 0 aliphatic heterocycles. The zero-order valence-electron chi connectivity index (χ0n) is 21.4. The van der Waals surface area contributed by atoms with Crippen LogP contribution in [0.5, 0.6) is 0 Å². The first-order valence-corrected chi connectivity index (χ1v) is 12.2. The summed E-state index contributed by atoms with van der Waals surface area (Å²) in [5.74, 6) is -4.48. The first-order valence-electron chi connectivity index (χ1n) is 12.2. The van der Waals surface area contributed by atoms with Crippen molar-refractivity contribution in [3.05, 3.63) is 71.8 Å². The highest BCUT2D eigenvalue weighted by molar-refractivity contribution is 5.95. The van der Waals surface area contributed by atoms with Crippen molar-refractivity contribution in [2.75, 3.05) is 0 Å². The molecule has 11 heteroatoms. The van der Waals surface area contributed by atoms with Gasteiger partial charge in [-0.3, -0.25) is 19.2 Å². The van der Waals surface area contributed by atoms with Crippen molar-refractivity contribution in [1.29, 1.82) is 0 Å². The summed E-state index contributed by atoms with van der Waals surface area (Å²) in [5.41, 5.74) is 12.3. The largest absolute Gasteiger partial charge is 0.480 e. The number of carbonyl (C=O) groups excluding carboxylic acids is 4. The van der Waals surface area contributed by atoms with Crippen LogP contribution in [-0.4, -0.2) is 58.9 Å². The molecular formula is C27H35N5O6. The van der Waals surface area contributed by atoms with Gasteiger partial charge in [0.2, 0.25) is 23.6 Å². The number of rotatable bonds is 14. The van der Waals surface area contributed by atoms with E-state index in [-0.39, 0.29) is 12.8 Å². The minimum absolute atomic E-state index is 0.0606. The number of nitrogens with one attached hydrogen (secondary N) is 3. The minimum Gasteiger partial charge on any atom is -0.480 e. The Kier molecular flexibility index (Phi) is 11.4. The van der Waals surface area contributed by atoms with E-state index in [4.69, 9.17) is 11.5 Å². The van der Waals surface area contributed by atoms with E-state index in [0.29, 0.717) is 0 Å². The molecular weight excluding hydrogens is 490 g/mol. The Morgan fingerprint density at radius 1 is 0.737 bits per heavy atom. The van der Waals surface area contributed by atoms with Crippen molar-refractivity contribution < 1.29 is 29.1 Å². The van der Waals surface area contributed by atoms with E-state index >= 15 is 0 Å². The number of hydrogen-bond acceptors (Lipinski definition) is 6. The summed E-state index contributed by atoms with van der Waals surface area (Å²) in [6.45, 7) is 3.40. The van der Waals surface area contributed by atoms with Gasteiger partial charge in [-0.25, -0.2) is 4.79 Å². The summed E-state index contributed by atoms with van der Waals surface area (Å²) in [6.07, 6.45) is -0.258. The fraction of sp³-hybridized carbons (Fsp3) is 0.370. The lowest BCUT2D eigenvalue weighted by atomic mass is 9.99. The molecule has 2 aromatic rings. The molecule has 0 aliphatic rings. The van der Waals surface area contributed by atoms with E-state index in [9.17, 15) is 29.1 Å². The molecule has 8 N–H and O–H groups in total. The van der Waals surface area contributed by atoms with Gasteiger partial charge >= 0.3 is 5.97 Å². The fourth-order valence-electron chi connectivity index (χ4n) is 3.75. The van der Waals surface area contributed by atoms with Gasteiger partial charge in [-0.2, -0.15) is 0 Å². The SMILES string of the molecule is CC(C)C(NC(=O)C(Cc1ccccc1)NC(=O)C(N)CC(N)=O)C(=O)NC(Cc1ccccc1)C(=O)O. The summed E-state index contributed by atoms with van der Waals surface area (Å²) in [6, 6.07) is 13.0. The second-order valence-electron chi connectivity index (χ2n) is 9.35. The second-order valence-corrected chi connectivity index (χ2v) is 9.35. The number of primary amides is 1. The van der Waals surface area contributed by atoms with Crippen LogP contribution in [0.2, 0.25) is 0 Å². The molecule has 0 aromatic heterocycles. The quantitative estimate of drug-likeness (QED) is 0.198. The van der Waals surface area contributed by atoms with Crippen molar-refractivity contribution in [3.8, 4) is 0 Å². The molecule has 0 radical (unpaired) electrons. The van der Waals surface area contributed by atoms with Crippen molar-refractivity contribution in [2.24, 2.45) is 17.4 Å². The van der Waals surface area contributed by atoms with Crippen LogP contribution in [0.4, 0.5) is 0 Å². The monoisotopic (exact) mass is 525 g/mol. The lowest BCUT2D eigenvalue weighted by Crippen LogP contribution is -2.59. The summed E-state index contributed by atoms with van der Waals surface area (Å²) in [4.78, 5) is 62.0. The van der Waals surface area contributed by atoms with E-state index in [1.165, 1.54) is 0 Å². The maximum atomic E-state index is 13.3. The number of nitrogens with two attached hydrogens (primary N) is 2. The van der Waals surface area contributed by atoms with Gasteiger partial charge in [0.1, 0.15) is 18.1 Å². The topological polar surface area (TPSA) is 194 Å². The lowest BCUT2D eigenvalue weighted by molar-refractivity contribution is -0.142. The summed E-state index contributed by atoms with van der Waals surface area (Å²) in [5, 5.41) is 17.3. The number of carboxylic acids is 1. The van der Waals surface area contributed by atoms with E-state index in [2.05, 4.69) is 16.0 Å². The summed E-state index contributed by atoms with van der Waals surface area (Å²) >= 11 is 0. The standard InChI is InChI=1S/C27H35N5O6/c1-16(2)23(26(36)31-21(27(37)38)14-18-11-7-4-8-12-18)32-25(35)20(13-17-9-5-3-6-10-17)30-24(34)19(28)15-22(29)33/h3-12,16,19-21,23H,13-15,28H2,1-2H3,(H2,29,33)(H,30,34)(H,31,36)(H,32,35)(H,37,38). The van der Waals surface area contributed by atoms with Gasteiger partial charge in [-0.15, -0.1) is 0 Å². The van der Waals surface area contributed by atoms with Crippen LogP contribution in [0.15, 0.2) is 60.7 Å². The molecule has 0 heterocycles. The number of carboxylic acid groups (broad SMARTS) is 1. The highest BCUT2D eigenvalue weighted by Crippen LogP contribution is 2.09. The van der Waals surface area contributed by atoms with Crippen molar-refractivity contribution in [3.63, 3.8) is 0 Å². The maximum absolute atomic E-state index is 13.3. The Labute approximate surface area is 221 Å². The van der Waals surface area contributed by atoms with Crippen LogP contribution in [0.3, 0.4) is 0 Å². The van der Waals surface area contributed by atoms with Gasteiger partial charge in [0.15, 0.2) is 0 Å². The van der Waals surface area contributed by atoms with E-state index in [1.807, 2.05) is 0 Å². The zero-order chi connectivity index (χ0) is 28.2. The van der Waals surface area contributed by atoms with Gasteiger partial charge in [0.05, 0.1) is 12.5 Å². The predicted octanol–water partition coefficient (Wildman–Crippen LogP) is -0.130. The van der Waals surface area contributed by atoms with Crippen LogP contribution in [0.1, 0.15) is 31.4 Å². The third kappa shape index (κ3) is 9.66. The number of benzene rings is 2. The average molecular weight is 526 g/mol. The Morgan fingerprint density at radius 2 is 1.21 bits per heavy atom. The Bertz CT molecular complexity index is 1110. The average Bonchev–Trinajstić information content (AvgIpc) is 2.86. The zero-order valence-corrected chi connectivity index (χ0v) is 21.4. The summed E-state index contributed by atoms with van der Waals surface area (Å²) in [7, 11) is 0. The number of amides is 4. The van der Waals surface area contributed by atoms with Crippen LogP contribution in [0, 0.1) is 5.92 Å². The molecule has 4 amide bonds. The number of carbonyl (C=O) groups is 5. The molecule has 0 spiro atoms. The van der Waals surface area contributed by atoms with Crippen LogP contribution in [0.25, 0.3) is 0 Å². The molecule has 0 saturated carbocycles. The highest BCUT2D eigenvalue weighted by Gasteiger charge is 2.32. The third-order valence-corrected chi connectivity index (χ3v) is 5.82. The molecule has 11 nitrogen and oxygen atoms in total. The van der Waals surface area contributed by atoms with Gasteiger partial charge in [0.25, 0.3) is 0 Å². The van der Waals surface area contributed by atoms with Crippen LogP contribution < -0.4 is 27.4 Å². The number of aliphatic carboxylic acids is 1. The Hall–Kier alpha value is -4.25. The molecule has 0 saturated heterocycles. The normalized spacial score (nSPS) is 14.0. The van der Waals surface area contributed by atoms with Gasteiger partial charge in [0, 0.05) is 12.8 Å². The number of hydrogen-bond donors (Lipinski definition) is 6. The van der Waals surface area contributed by atoms with Crippen LogP contribution in [-0.2, 0) is 36.8 Å². The van der Waals surface area contributed by atoms with Crippen molar-refractivity contribution in [1.82, 2.24) is 16.0 Å². The lowest BCUT2D eigenvalue weighted by Gasteiger charge is -2.27. The predicted molar refractivity (Wildman–Crippen MR) is 140 cm³/mol. The molecule has 4 unspecified atom stereocenters. The van der Waals surface area contributed by atoms with E-state index < -0.39 is 66.1 Å². The molecule has 2 rings (SSSR count). The molecule has 0 aliphatic carbocycles. The van der Waals surface area contributed by atoms with Gasteiger partial charge in [-0.1, -0.05) is 74.5 Å². The minimum atomic E-state index is -1.25. The van der Waals surface area contributed by atoms with Crippen LogP contribution >= 0.6 is 0 Å². The second kappa shape index (κ2) is 14.5. The van der Waals surface area contributed by atoms with E-state index in [1.54, 1.807) is 74.5 Å². The highest BCUT2D eigenvalue weighted by atomic mass is 16.4. The van der Waals surface area contributed by atoms with E-state index in [0.717, 1.165) is 11.1 Å².